The van der Waals surface area contributed by atoms with Crippen LogP contribution in [0.1, 0.15) is 50.9 Å². The van der Waals surface area contributed by atoms with Gasteiger partial charge in [-0.3, -0.25) is 28.9 Å². The smallest absolute Gasteiger partial charge is 0.264 e. The van der Waals surface area contributed by atoms with Crippen LogP contribution in [0.3, 0.4) is 0 Å². The third-order valence-electron chi connectivity index (χ3n) is 15.3. The molecular weight excluding hydrogens is 881 g/mol. The number of fused-ring (bicyclic) bond motifs is 2. The van der Waals surface area contributed by atoms with Crippen LogP contribution in [0.4, 0.5) is 28.4 Å². The van der Waals surface area contributed by atoms with Gasteiger partial charge in [0.05, 0.1) is 61.7 Å². The van der Waals surface area contributed by atoms with Gasteiger partial charge in [-0.1, -0.05) is 103 Å². The van der Waals surface area contributed by atoms with Crippen LogP contribution in [-0.4, -0.2) is 65.7 Å². The van der Waals surface area contributed by atoms with E-state index in [-0.39, 0.29) is 48.4 Å². The third kappa shape index (κ3) is 6.44. The second kappa shape index (κ2) is 16.1. The lowest BCUT2D eigenvalue weighted by molar-refractivity contribution is -0.146. The quantitative estimate of drug-likeness (QED) is 0.120. The number of anilines is 5. The zero-order valence-electron chi connectivity index (χ0n) is 38.8. The molecule has 12 rings (SSSR count). The van der Waals surface area contributed by atoms with Crippen LogP contribution in [0.5, 0.6) is 5.75 Å². The number of aliphatic hydroxyl groups is 1. The Balaban J connectivity index is 0.956. The summed E-state index contributed by atoms with van der Waals surface area (Å²) in [5.41, 5.74) is 5.98. The summed E-state index contributed by atoms with van der Waals surface area (Å²) in [5, 5.41) is 23.4. The number of carbonyl (C=O) groups is 3. The first kappa shape index (κ1) is 42.9. The zero-order valence-corrected chi connectivity index (χ0v) is 39.8. The maximum atomic E-state index is 16.0. The van der Waals surface area contributed by atoms with Gasteiger partial charge < -0.3 is 19.5 Å². The predicted molar refractivity (Wildman–Crippen MR) is 270 cm³/mol. The van der Waals surface area contributed by atoms with Gasteiger partial charge in [0, 0.05) is 59.4 Å². The van der Waals surface area contributed by atoms with Crippen LogP contribution >= 0.6 is 0 Å². The molecule has 12 nitrogen and oxygen atoms in total. The van der Waals surface area contributed by atoms with Gasteiger partial charge in [-0.15, -0.1) is 5.10 Å². The van der Waals surface area contributed by atoms with Crippen LogP contribution < -0.4 is 24.6 Å². The molecule has 4 aliphatic heterocycles. The van der Waals surface area contributed by atoms with Crippen molar-refractivity contribution < 1.29 is 29.0 Å². The summed E-state index contributed by atoms with van der Waals surface area (Å²) in [7, 11) is -0.845. The highest BCUT2D eigenvalue weighted by Gasteiger charge is 2.66. The Morgan fingerprint density at radius 3 is 1.97 bits per heavy atom. The van der Waals surface area contributed by atoms with E-state index in [0.29, 0.717) is 41.9 Å². The van der Waals surface area contributed by atoms with Crippen molar-refractivity contribution in [1.82, 2.24) is 15.0 Å². The molecule has 344 valence electrons. The molecule has 0 bridgehead atoms. The van der Waals surface area contributed by atoms with Gasteiger partial charge in [0.15, 0.2) is 5.60 Å². The minimum absolute atomic E-state index is 0.0215. The Hall–Kier alpha value is -7.45. The van der Waals surface area contributed by atoms with Gasteiger partial charge in [-0.25, -0.2) is 0 Å². The van der Waals surface area contributed by atoms with Crippen LogP contribution in [0.25, 0.3) is 21.5 Å². The number of nitrogens with zero attached hydrogens (tertiary/aromatic N) is 6. The normalized spacial score (nSPS) is 20.4. The van der Waals surface area contributed by atoms with Crippen LogP contribution in [0.15, 0.2) is 146 Å². The Morgan fingerprint density at radius 1 is 0.739 bits per heavy atom. The van der Waals surface area contributed by atoms with E-state index >= 15 is 4.79 Å². The minimum Gasteiger partial charge on any atom is -0.497 e. The Morgan fingerprint density at radius 2 is 1.35 bits per heavy atom. The fraction of sp³-hybridized carbons (Fsp3) is 0.232. The van der Waals surface area contributed by atoms with E-state index in [2.05, 4.69) is 42.5 Å². The van der Waals surface area contributed by atoms with Crippen molar-refractivity contribution in [2.75, 3.05) is 28.4 Å². The highest BCUT2D eigenvalue weighted by molar-refractivity contribution is 6.91. The van der Waals surface area contributed by atoms with Gasteiger partial charge in [0.1, 0.15) is 5.75 Å². The second-order valence-electron chi connectivity index (χ2n) is 19.3. The van der Waals surface area contributed by atoms with Crippen LogP contribution in [0, 0.1) is 5.92 Å². The molecule has 3 amide bonds. The molecule has 7 aromatic carbocycles. The van der Waals surface area contributed by atoms with Crippen molar-refractivity contribution in [3.05, 3.63) is 174 Å². The molecular formula is C56H50N6O6Si. The number of ether oxygens (including phenoxy) is 2. The highest BCUT2D eigenvalue weighted by Crippen LogP contribution is 2.61. The molecule has 4 aliphatic rings. The molecule has 1 N–H and O–H groups in total. The molecule has 1 saturated heterocycles. The number of hydrogen-bond acceptors (Lipinski definition) is 8. The lowest BCUT2D eigenvalue weighted by Crippen LogP contribution is -2.51. The van der Waals surface area contributed by atoms with E-state index in [9.17, 15) is 14.7 Å². The van der Waals surface area contributed by atoms with E-state index in [4.69, 9.17) is 9.47 Å². The number of aryl methyl sites for hydroxylation is 1. The first-order valence-corrected chi connectivity index (χ1v) is 26.7. The lowest BCUT2D eigenvalue weighted by atomic mass is 9.82. The molecule has 1 fully saturated rings. The molecule has 0 saturated carbocycles. The molecule has 8 aromatic rings. The fourth-order valence-electron chi connectivity index (χ4n) is 12.1. The number of amides is 3. The average Bonchev–Trinajstić information content (AvgIpc) is 4.15. The molecule has 0 unspecified atom stereocenters. The molecule has 1 spiro atoms. The molecule has 0 aliphatic carbocycles. The Labute approximate surface area is 400 Å². The van der Waals surface area contributed by atoms with Gasteiger partial charge in [-0.05, 0) is 95.0 Å². The highest BCUT2D eigenvalue weighted by atomic mass is 28.3. The molecule has 4 atom stereocenters. The van der Waals surface area contributed by atoms with Crippen LogP contribution in [-0.2, 0) is 34.6 Å². The molecule has 1 aromatic heterocycles. The topological polar surface area (TPSA) is 130 Å². The van der Waals surface area contributed by atoms with Crippen molar-refractivity contribution in [1.29, 1.82) is 0 Å². The summed E-state index contributed by atoms with van der Waals surface area (Å²) < 4.78 is 14.9. The van der Waals surface area contributed by atoms with Gasteiger partial charge in [0.25, 0.3) is 17.7 Å². The van der Waals surface area contributed by atoms with Crippen molar-refractivity contribution in [2.45, 2.75) is 63.2 Å². The Kier molecular flexibility index (Phi) is 9.99. The molecule has 13 heteroatoms. The first-order valence-electron chi connectivity index (χ1n) is 23.6. The summed E-state index contributed by atoms with van der Waals surface area (Å²) in [6.07, 6.45) is 2.47. The molecule has 0 radical (unpaired) electrons. The van der Waals surface area contributed by atoms with Gasteiger partial charge in [0.2, 0.25) is 0 Å². The van der Waals surface area contributed by atoms with Crippen LogP contribution in [0.2, 0.25) is 18.6 Å². The summed E-state index contributed by atoms with van der Waals surface area (Å²) >= 11 is 0. The van der Waals surface area contributed by atoms with E-state index in [0.717, 1.165) is 61.2 Å². The first-order chi connectivity index (χ1) is 33.5. The maximum Gasteiger partial charge on any atom is 0.264 e. The minimum atomic E-state index is -2.51. The summed E-state index contributed by atoms with van der Waals surface area (Å²) in [4.78, 5) is 49.7. The second-order valence-corrected chi connectivity index (χ2v) is 24.0. The largest absolute Gasteiger partial charge is 0.497 e. The van der Waals surface area contributed by atoms with E-state index in [1.54, 1.807) is 21.6 Å². The standard InChI is InChI=1S/C56H50N6O6Si/c1-34-52(69(3,4)42-24-22-41(67-2)23-25-42)49(27-29-59-33-38(28-30-63)57-58-59)68-56(34)45-31-40(62-48-16-8-12-37-10-6-14-44(51(37)48)54(62)65)21-26-46(45)60(55(56)66)32-35-17-19-39(20-18-35)61-47-15-7-11-36-9-5-13-43(50(36)47)53(61)64/h5-26,31,33-34,49,52,63H,27-30,32H2,1-4H3/t34-,49+,52-,56+/m0/s1. The molecule has 69 heavy (non-hydrogen) atoms. The van der Waals surface area contributed by atoms with Crippen molar-refractivity contribution in [2.24, 2.45) is 5.92 Å². The summed E-state index contributed by atoms with van der Waals surface area (Å²) in [5.74, 6) is 0.127. The third-order valence-corrected chi connectivity index (χ3v) is 19.7. The number of carbonyl (C=O) groups excluding carboxylic acids is 3. The predicted octanol–water partition coefficient (Wildman–Crippen LogP) is 9.56. The van der Waals surface area contributed by atoms with Crippen molar-refractivity contribution in [3.63, 3.8) is 0 Å². The number of rotatable bonds is 12. The summed E-state index contributed by atoms with van der Waals surface area (Å²) in [6.45, 7) is 7.63. The number of aromatic nitrogens is 3. The number of methoxy groups -OCH3 is 1. The summed E-state index contributed by atoms with van der Waals surface area (Å²) in [6, 6.07) is 45.8. The van der Waals surface area contributed by atoms with E-state index < -0.39 is 13.7 Å². The number of hydrogen-bond donors (Lipinski definition) is 1. The number of benzene rings is 7. The average molecular weight is 931 g/mol. The monoisotopic (exact) mass is 930 g/mol. The zero-order chi connectivity index (χ0) is 47.3. The lowest BCUT2D eigenvalue weighted by Gasteiger charge is -2.37. The van der Waals surface area contributed by atoms with Crippen molar-refractivity contribution in [3.8, 4) is 5.75 Å². The van der Waals surface area contributed by atoms with Gasteiger partial charge in [-0.2, -0.15) is 0 Å². The van der Waals surface area contributed by atoms with Crippen molar-refractivity contribution >= 4 is 81.0 Å². The van der Waals surface area contributed by atoms with Gasteiger partial charge >= 0.3 is 0 Å². The maximum absolute atomic E-state index is 16.0. The van der Waals surface area contributed by atoms with E-state index in [1.165, 1.54) is 5.19 Å². The Bertz CT molecular complexity index is 3400. The SMILES string of the molecule is COc1ccc([Si](C)(C)[C@@H]2[C@@H](CCn3cc(CCO)nn3)O[C@]3(C(=O)N(Cc4ccc(N5C(=O)c6cccc7cccc5c67)cc4)c4ccc(N5C(=O)c6cccc7cccc5c67)cc43)[C@H]2C)cc1. The number of aliphatic hydroxyl groups excluding tert-OH is 1. The fourth-order valence-corrected chi connectivity index (χ4v) is 16.1. The molecule has 5 heterocycles. The van der Waals surface area contributed by atoms with E-state index in [1.807, 2.05) is 138 Å².